The summed E-state index contributed by atoms with van der Waals surface area (Å²) in [6.07, 6.45) is 2.56. The van der Waals surface area contributed by atoms with Crippen molar-refractivity contribution >= 4 is 17.5 Å². The van der Waals surface area contributed by atoms with Gasteiger partial charge in [0.1, 0.15) is 0 Å². The number of amides is 1. The smallest absolute Gasteiger partial charge is 0.254 e. The van der Waals surface area contributed by atoms with E-state index in [9.17, 15) is 4.79 Å². The molecule has 1 aliphatic heterocycles. The summed E-state index contributed by atoms with van der Waals surface area (Å²) in [5, 5.41) is 0.569. The lowest BCUT2D eigenvalue weighted by Gasteiger charge is -2.28. The molecule has 1 amide bonds. The molecule has 0 atom stereocenters. The highest BCUT2D eigenvalue weighted by Crippen LogP contribution is 2.22. The molecule has 5 heteroatoms. The molecule has 4 nitrogen and oxygen atoms in total. The molecule has 124 valence electrons. The van der Waals surface area contributed by atoms with Crippen LogP contribution in [-0.2, 0) is 13.0 Å². The molecule has 2 aromatic carbocycles. The van der Waals surface area contributed by atoms with Crippen LogP contribution in [0.5, 0.6) is 0 Å². The van der Waals surface area contributed by atoms with Gasteiger partial charge in [0.2, 0.25) is 0 Å². The molecule has 0 N–H and O–H groups in total. The highest BCUT2D eigenvalue weighted by atomic mass is 35.5. The number of rotatable bonds is 2. The fourth-order valence-electron chi connectivity index (χ4n) is 3.02. The molecule has 0 saturated carbocycles. The van der Waals surface area contributed by atoms with Crippen LogP contribution in [-0.4, -0.2) is 27.3 Å². The summed E-state index contributed by atoms with van der Waals surface area (Å²) in [6.45, 7) is 1.17. The Balaban J connectivity index is 1.57. The second-order valence-electron chi connectivity index (χ2n) is 6.02. The number of carbonyl (C=O) groups is 1. The van der Waals surface area contributed by atoms with Gasteiger partial charge < -0.3 is 4.90 Å². The molecule has 4 rings (SSSR count). The van der Waals surface area contributed by atoms with Crippen LogP contribution in [0.2, 0.25) is 5.02 Å². The summed E-state index contributed by atoms with van der Waals surface area (Å²) < 4.78 is 0. The molecule has 0 aliphatic carbocycles. The second kappa shape index (κ2) is 6.65. The van der Waals surface area contributed by atoms with Gasteiger partial charge in [0.15, 0.2) is 5.82 Å². The minimum atomic E-state index is -0.0136. The molecule has 0 saturated heterocycles. The predicted molar refractivity (Wildman–Crippen MR) is 97.4 cm³/mol. The van der Waals surface area contributed by atoms with Crippen LogP contribution in [0.25, 0.3) is 11.4 Å². The van der Waals surface area contributed by atoms with Crippen molar-refractivity contribution in [2.75, 3.05) is 6.54 Å². The van der Waals surface area contributed by atoms with Gasteiger partial charge in [-0.15, -0.1) is 0 Å². The standard InChI is InChI=1S/C20H16ClN3O/c21-17-8-4-7-15(11-17)20(25)24-10-9-18-16(13-24)12-22-19(23-18)14-5-2-1-3-6-14/h1-8,11-12H,9-10,13H2. The van der Waals surface area contributed by atoms with Crippen molar-refractivity contribution in [1.82, 2.24) is 14.9 Å². The third kappa shape index (κ3) is 3.26. The fourth-order valence-corrected chi connectivity index (χ4v) is 3.21. The van der Waals surface area contributed by atoms with Crippen LogP contribution in [0.1, 0.15) is 21.6 Å². The summed E-state index contributed by atoms with van der Waals surface area (Å²) in [4.78, 5) is 23.7. The van der Waals surface area contributed by atoms with E-state index in [1.54, 1.807) is 24.3 Å². The first-order valence-electron chi connectivity index (χ1n) is 8.16. The zero-order valence-corrected chi connectivity index (χ0v) is 14.3. The van der Waals surface area contributed by atoms with Crippen molar-refractivity contribution in [1.29, 1.82) is 0 Å². The highest BCUT2D eigenvalue weighted by molar-refractivity contribution is 6.30. The van der Waals surface area contributed by atoms with E-state index in [1.165, 1.54) is 0 Å². The van der Waals surface area contributed by atoms with Crippen LogP contribution in [0.3, 0.4) is 0 Å². The van der Waals surface area contributed by atoms with Crippen molar-refractivity contribution in [3.63, 3.8) is 0 Å². The van der Waals surface area contributed by atoms with E-state index in [1.807, 2.05) is 41.4 Å². The normalized spacial score (nSPS) is 13.4. The molecule has 0 bridgehead atoms. The maximum absolute atomic E-state index is 12.7. The molecule has 0 unspecified atom stereocenters. The van der Waals surface area contributed by atoms with Crippen LogP contribution in [0.4, 0.5) is 0 Å². The quantitative estimate of drug-likeness (QED) is 0.702. The van der Waals surface area contributed by atoms with E-state index in [0.29, 0.717) is 23.7 Å². The molecule has 0 fully saturated rings. The average molecular weight is 350 g/mol. The molecule has 25 heavy (non-hydrogen) atoms. The first kappa shape index (κ1) is 15.8. The molecule has 1 aromatic heterocycles. The van der Waals surface area contributed by atoms with E-state index in [4.69, 9.17) is 16.6 Å². The van der Waals surface area contributed by atoms with Gasteiger partial charge in [-0.3, -0.25) is 4.79 Å². The maximum Gasteiger partial charge on any atom is 0.254 e. The average Bonchev–Trinajstić information content (AvgIpc) is 2.67. The molecular weight excluding hydrogens is 334 g/mol. The van der Waals surface area contributed by atoms with Gasteiger partial charge in [-0.25, -0.2) is 9.97 Å². The van der Waals surface area contributed by atoms with Gasteiger partial charge >= 0.3 is 0 Å². The van der Waals surface area contributed by atoms with Gasteiger partial charge in [0.05, 0.1) is 5.69 Å². The van der Waals surface area contributed by atoms with Crippen molar-refractivity contribution in [3.8, 4) is 11.4 Å². The Morgan fingerprint density at radius 1 is 1.08 bits per heavy atom. The van der Waals surface area contributed by atoms with E-state index >= 15 is 0 Å². The Morgan fingerprint density at radius 2 is 1.92 bits per heavy atom. The van der Waals surface area contributed by atoms with E-state index < -0.39 is 0 Å². The molecule has 2 heterocycles. The van der Waals surface area contributed by atoms with Crippen LogP contribution >= 0.6 is 11.6 Å². The Morgan fingerprint density at radius 3 is 2.72 bits per heavy atom. The number of carbonyl (C=O) groups excluding carboxylic acids is 1. The highest BCUT2D eigenvalue weighted by Gasteiger charge is 2.23. The summed E-state index contributed by atoms with van der Waals surface area (Å²) >= 11 is 5.99. The van der Waals surface area contributed by atoms with Crippen molar-refractivity contribution in [2.45, 2.75) is 13.0 Å². The number of hydrogen-bond donors (Lipinski definition) is 0. The van der Waals surface area contributed by atoms with Gasteiger partial charge in [-0.2, -0.15) is 0 Å². The van der Waals surface area contributed by atoms with Crippen molar-refractivity contribution in [3.05, 3.63) is 82.6 Å². The zero-order chi connectivity index (χ0) is 17.2. The molecule has 1 aliphatic rings. The Labute approximate surface area is 151 Å². The summed E-state index contributed by atoms with van der Waals surface area (Å²) in [5.41, 5.74) is 3.63. The minimum Gasteiger partial charge on any atom is -0.334 e. The zero-order valence-electron chi connectivity index (χ0n) is 13.5. The second-order valence-corrected chi connectivity index (χ2v) is 6.46. The van der Waals surface area contributed by atoms with Gasteiger partial charge in [0, 0.05) is 47.4 Å². The number of halogens is 1. The topological polar surface area (TPSA) is 46.1 Å². The molecule has 0 spiro atoms. The third-order valence-corrected chi connectivity index (χ3v) is 4.56. The van der Waals surface area contributed by atoms with Crippen LogP contribution < -0.4 is 0 Å². The van der Waals surface area contributed by atoms with E-state index in [2.05, 4.69) is 4.98 Å². The minimum absolute atomic E-state index is 0.0136. The lowest BCUT2D eigenvalue weighted by molar-refractivity contribution is 0.0733. The number of benzene rings is 2. The Bertz CT molecular complexity index is 927. The van der Waals surface area contributed by atoms with E-state index in [0.717, 1.165) is 29.1 Å². The summed E-state index contributed by atoms with van der Waals surface area (Å²) in [5.74, 6) is 0.717. The van der Waals surface area contributed by atoms with Crippen molar-refractivity contribution in [2.24, 2.45) is 0 Å². The Kier molecular flexibility index (Phi) is 4.20. The summed E-state index contributed by atoms with van der Waals surface area (Å²) in [6, 6.07) is 17.0. The first-order chi connectivity index (χ1) is 12.2. The predicted octanol–water partition coefficient (Wildman–Crippen LogP) is 4.00. The van der Waals surface area contributed by atoms with Crippen LogP contribution in [0.15, 0.2) is 60.8 Å². The maximum atomic E-state index is 12.7. The van der Waals surface area contributed by atoms with Gasteiger partial charge in [0.25, 0.3) is 5.91 Å². The fraction of sp³-hybridized carbons (Fsp3) is 0.150. The number of aromatic nitrogens is 2. The summed E-state index contributed by atoms with van der Waals surface area (Å²) in [7, 11) is 0. The molecule has 0 radical (unpaired) electrons. The number of nitrogens with zero attached hydrogens (tertiary/aromatic N) is 3. The van der Waals surface area contributed by atoms with Gasteiger partial charge in [-0.05, 0) is 18.2 Å². The number of hydrogen-bond acceptors (Lipinski definition) is 3. The van der Waals surface area contributed by atoms with Crippen molar-refractivity contribution < 1.29 is 4.79 Å². The van der Waals surface area contributed by atoms with Gasteiger partial charge in [-0.1, -0.05) is 48.0 Å². The lowest BCUT2D eigenvalue weighted by atomic mass is 10.1. The third-order valence-electron chi connectivity index (χ3n) is 4.32. The monoisotopic (exact) mass is 349 g/mol. The van der Waals surface area contributed by atoms with Crippen LogP contribution in [0, 0.1) is 0 Å². The Hall–Kier alpha value is -2.72. The first-order valence-corrected chi connectivity index (χ1v) is 8.53. The number of fused-ring (bicyclic) bond motifs is 1. The SMILES string of the molecule is O=C(c1cccc(Cl)c1)N1CCc2nc(-c3ccccc3)ncc2C1. The largest absolute Gasteiger partial charge is 0.334 e. The van der Waals surface area contributed by atoms with E-state index in [-0.39, 0.29) is 5.91 Å². The lowest BCUT2D eigenvalue weighted by Crippen LogP contribution is -2.36. The molecular formula is C20H16ClN3O. The molecule has 3 aromatic rings.